The Kier molecular flexibility index (Phi) is 7.01. The fraction of sp³-hybridized carbons (Fsp3) is 0.474. The van der Waals surface area contributed by atoms with Crippen molar-refractivity contribution in [3.05, 3.63) is 52.8 Å². The number of carbonyl (C=O) groups excluding carboxylic acids is 1. The molecule has 6 heteroatoms. The molecule has 0 radical (unpaired) electrons. The van der Waals surface area contributed by atoms with E-state index in [0.29, 0.717) is 19.5 Å². The Bertz CT molecular complexity index is 682. The molecule has 2 rings (SSSR count). The van der Waals surface area contributed by atoms with Crippen LogP contribution in [-0.4, -0.2) is 33.6 Å². The molecule has 0 fully saturated rings. The Labute approximate surface area is 149 Å². The van der Waals surface area contributed by atoms with Crippen LogP contribution in [0, 0.1) is 13.8 Å². The van der Waals surface area contributed by atoms with Crippen LogP contribution in [0.1, 0.15) is 42.3 Å². The molecular formula is C19H28N4O2. The molecule has 6 nitrogen and oxygen atoms in total. The van der Waals surface area contributed by atoms with E-state index in [1.54, 1.807) is 0 Å². The summed E-state index contributed by atoms with van der Waals surface area (Å²) >= 11 is 0. The van der Waals surface area contributed by atoms with Gasteiger partial charge in [-0.05, 0) is 25.8 Å². The van der Waals surface area contributed by atoms with E-state index < -0.39 is 6.10 Å². The molecule has 0 aliphatic rings. The Balaban J connectivity index is 1.91. The summed E-state index contributed by atoms with van der Waals surface area (Å²) in [5.74, 6) is 0. The van der Waals surface area contributed by atoms with Crippen molar-refractivity contribution < 1.29 is 9.90 Å². The van der Waals surface area contributed by atoms with Gasteiger partial charge in [-0.3, -0.25) is 4.68 Å². The van der Waals surface area contributed by atoms with Gasteiger partial charge in [0.25, 0.3) is 0 Å². The zero-order chi connectivity index (χ0) is 18.2. The Morgan fingerprint density at radius 2 is 1.96 bits per heavy atom. The number of carbonyl (C=O) groups is 1. The third-order valence-corrected chi connectivity index (χ3v) is 4.25. The average Bonchev–Trinajstić information content (AvgIpc) is 2.86. The maximum atomic E-state index is 11.9. The van der Waals surface area contributed by atoms with Gasteiger partial charge in [0.2, 0.25) is 0 Å². The number of nitrogens with zero attached hydrogens (tertiary/aromatic N) is 2. The summed E-state index contributed by atoms with van der Waals surface area (Å²) in [7, 11) is 0. The standard InChI is InChI=1S/C19H28N4O2/c1-4-8-17(24)11-20-19(25)21-12-18-14(2)22-23(15(18)3)13-16-9-6-5-7-10-16/h5-7,9-10,17,24H,4,8,11-13H2,1-3H3,(H2,20,21,25). The van der Waals surface area contributed by atoms with Gasteiger partial charge < -0.3 is 15.7 Å². The summed E-state index contributed by atoms with van der Waals surface area (Å²) in [4.78, 5) is 11.9. The first kappa shape index (κ1) is 19.0. The third-order valence-electron chi connectivity index (χ3n) is 4.25. The number of urea groups is 1. The van der Waals surface area contributed by atoms with Crippen LogP contribution in [0.4, 0.5) is 4.79 Å². The first-order chi connectivity index (χ1) is 12.0. The van der Waals surface area contributed by atoms with Crippen LogP contribution < -0.4 is 10.6 Å². The number of aromatic nitrogens is 2. The number of hydrogen-bond acceptors (Lipinski definition) is 3. The van der Waals surface area contributed by atoms with Crippen molar-refractivity contribution in [2.24, 2.45) is 0 Å². The topological polar surface area (TPSA) is 79.2 Å². The quantitative estimate of drug-likeness (QED) is 0.688. The van der Waals surface area contributed by atoms with Gasteiger partial charge >= 0.3 is 6.03 Å². The first-order valence-corrected chi connectivity index (χ1v) is 8.77. The Morgan fingerprint density at radius 3 is 2.64 bits per heavy atom. The van der Waals surface area contributed by atoms with E-state index in [-0.39, 0.29) is 12.6 Å². The SMILES string of the molecule is CCCC(O)CNC(=O)NCc1c(C)nn(Cc2ccccc2)c1C. The lowest BCUT2D eigenvalue weighted by atomic mass is 10.2. The van der Waals surface area contributed by atoms with Crippen molar-refractivity contribution in [3.8, 4) is 0 Å². The van der Waals surface area contributed by atoms with Gasteiger partial charge in [0.15, 0.2) is 0 Å². The minimum absolute atomic E-state index is 0.269. The maximum Gasteiger partial charge on any atom is 0.315 e. The number of amides is 2. The molecule has 1 atom stereocenters. The molecule has 1 heterocycles. The molecule has 0 saturated heterocycles. The molecule has 136 valence electrons. The van der Waals surface area contributed by atoms with Crippen LogP contribution in [0.5, 0.6) is 0 Å². The average molecular weight is 344 g/mol. The van der Waals surface area contributed by atoms with Crippen LogP contribution in [-0.2, 0) is 13.1 Å². The van der Waals surface area contributed by atoms with Gasteiger partial charge in [0, 0.05) is 24.3 Å². The highest BCUT2D eigenvalue weighted by molar-refractivity contribution is 5.73. The van der Waals surface area contributed by atoms with Crippen LogP contribution in [0.15, 0.2) is 30.3 Å². The molecule has 2 amide bonds. The second-order valence-corrected chi connectivity index (χ2v) is 6.30. The van der Waals surface area contributed by atoms with Gasteiger partial charge in [-0.15, -0.1) is 0 Å². The van der Waals surface area contributed by atoms with Gasteiger partial charge in [-0.2, -0.15) is 5.10 Å². The lowest BCUT2D eigenvalue weighted by molar-refractivity contribution is 0.160. The van der Waals surface area contributed by atoms with Gasteiger partial charge in [0.1, 0.15) is 0 Å². The monoisotopic (exact) mass is 344 g/mol. The maximum absolute atomic E-state index is 11.9. The van der Waals surface area contributed by atoms with Gasteiger partial charge in [-0.1, -0.05) is 43.7 Å². The van der Waals surface area contributed by atoms with Crippen molar-refractivity contribution in [3.63, 3.8) is 0 Å². The molecule has 3 N–H and O–H groups in total. The molecular weight excluding hydrogens is 316 g/mol. The van der Waals surface area contributed by atoms with Gasteiger partial charge in [-0.25, -0.2) is 4.79 Å². The number of nitrogens with one attached hydrogen (secondary N) is 2. The Morgan fingerprint density at radius 1 is 1.24 bits per heavy atom. The molecule has 1 aromatic heterocycles. The third kappa shape index (κ3) is 5.60. The zero-order valence-electron chi connectivity index (χ0n) is 15.2. The summed E-state index contributed by atoms with van der Waals surface area (Å²) in [5, 5.41) is 19.8. The van der Waals surface area contributed by atoms with E-state index in [1.165, 1.54) is 5.56 Å². The van der Waals surface area contributed by atoms with Crippen LogP contribution in [0.3, 0.4) is 0 Å². The molecule has 25 heavy (non-hydrogen) atoms. The minimum atomic E-state index is -0.493. The normalized spacial score (nSPS) is 12.0. The highest BCUT2D eigenvalue weighted by atomic mass is 16.3. The summed E-state index contributed by atoms with van der Waals surface area (Å²) in [6.45, 7) is 7.37. The number of rotatable bonds is 8. The van der Waals surface area contributed by atoms with E-state index in [9.17, 15) is 9.90 Å². The molecule has 0 aliphatic heterocycles. The fourth-order valence-corrected chi connectivity index (χ4v) is 2.78. The molecule has 0 aliphatic carbocycles. The molecule has 1 unspecified atom stereocenters. The highest BCUT2D eigenvalue weighted by Crippen LogP contribution is 2.14. The van der Waals surface area contributed by atoms with Crippen molar-refractivity contribution in [1.82, 2.24) is 20.4 Å². The largest absolute Gasteiger partial charge is 0.391 e. The van der Waals surface area contributed by atoms with E-state index >= 15 is 0 Å². The summed E-state index contributed by atoms with van der Waals surface area (Å²) in [5.41, 5.74) is 4.18. The zero-order valence-corrected chi connectivity index (χ0v) is 15.2. The lowest BCUT2D eigenvalue weighted by Gasteiger charge is -2.12. The predicted molar refractivity (Wildman–Crippen MR) is 98.4 cm³/mol. The van der Waals surface area contributed by atoms with E-state index in [2.05, 4.69) is 27.9 Å². The summed E-state index contributed by atoms with van der Waals surface area (Å²) < 4.78 is 1.96. The Hall–Kier alpha value is -2.34. The lowest BCUT2D eigenvalue weighted by Crippen LogP contribution is -2.39. The van der Waals surface area contributed by atoms with E-state index in [4.69, 9.17) is 0 Å². The number of aliphatic hydroxyl groups is 1. The molecule has 1 aromatic carbocycles. The second-order valence-electron chi connectivity index (χ2n) is 6.30. The first-order valence-electron chi connectivity index (χ1n) is 8.77. The smallest absolute Gasteiger partial charge is 0.315 e. The van der Waals surface area contributed by atoms with E-state index in [0.717, 1.165) is 23.4 Å². The van der Waals surface area contributed by atoms with Crippen molar-refractivity contribution in [1.29, 1.82) is 0 Å². The van der Waals surface area contributed by atoms with Gasteiger partial charge in [0.05, 0.1) is 18.3 Å². The molecule has 0 saturated carbocycles. The fourth-order valence-electron chi connectivity index (χ4n) is 2.78. The molecule has 2 aromatic rings. The van der Waals surface area contributed by atoms with Crippen LogP contribution >= 0.6 is 0 Å². The predicted octanol–water partition coefficient (Wildman–Crippen LogP) is 2.51. The molecule has 0 bridgehead atoms. The van der Waals surface area contributed by atoms with Crippen molar-refractivity contribution in [2.75, 3.05) is 6.54 Å². The molecule has 0 spiro atoms. The number of hydrogen-bond donors (Lipinski definition) is 3. The summed E-state index contributed by atoms with van der Waals surface area (Å²) in [6, 6.07) is 9.90. The minimum Gasteiger partial charge on any atom is -0.391 e. The van der Waals surface area contributed by atoms with Crippen LogP contribution in [0.25, 0.3) is 0 Å². The van der Waals surface area contributed by atoms with Crippen molar-refractivity contribution in [2.45, 2.75) is 52.8 Å². The van der Waals surface area contributed by atoms with Crippen molar-refractivity contribution >= 4 is 6.03 Å². The second kappa shape index (κ2) is 9.22. The van der Waals surface area contributed by atoms with Crippen LogP contribution in [0.2, 0.25) is 0 Å². The number of aliphatic hydroxyl groups excluding tert-OH is 1. The number of benzene rings is 1. The highest BCUT2D eigenvalue weighted by Gasteiger charge is 2.13. The number of aryl methyl sites for hydroxylation is 1. The van der Waals surface area contributed by atoms with E-state index in [1.807, 2.05) is 43.7 Å². The summed E-state index contributed by atoms with van der Waals surface area (Å²) in [6.07, 6.45) is 1.08.